The van der Waals surface area contributed by atoms with Crippen LogP contribution in [0.5, 0.6) is 0 Å². The van der Waals surface area contributed by atoms with Gasteiger partial charge >= 0.3 is 0 Å². The molecule has 0 unspecified atom stereocenters. The van der Waals surface area contributed by atoms with E-state index in [4.69, 9.17) is 5.73 Å². The zero-order valence-electron chi connectivity index (χ0n) is 10.7. The first kappa shape index (κ1) is 15.2. The molecule has 0 aliphatic heterocycles. The fraction of sp³-hybridized carbons (Fsp3) is 0. The van der Waals surface area contributed by atoms with Crippen LogP contribution < -0.4 is 11.1 Å². The van der Waals surface area contributed by atoms with Gasteiger partial charge < -0.3 is 11.1 Å². The highest BCUT2D eigenvalue weighted by atomic mass is 79.9. The monoisotopic (exact) mass is 352 g/mol. The Bertz CT molecular complexity index is 717. The first-order valence-electron chi connectivity index (χ1n) is 5.95. The van der Waals surface area contributed by atoms with Crippen molar-refractivity contribution < 1.29 is 13.6 Å². The lowest BCUT2D eigenvalue weighted by Crippen LogP contribution is -2.09. The topological polar surface area (TPSA) is 55.1 Å². The molecule has 0 saturated carbocycles. The van der Waals surface area contributed by atoms with E-state index in [1.807, 2.05) is 0 Å². The number of nitrogens with one attached hydrogen (secondary N) is 1. The van der Waals surface area contributed by atoms with E-state index >= 15 is 0 Å². The van der Waals surface area contributed by atoms with Crippen LogP contribution in [0, 0.1) is 11.6 Å². The zero-order chi connectivity index (χ0) is 15.4. The molecule has 0 atom stereocenters. The Morgan fingerprint density at radius 3 is 2.67 bits per heavy atom. The summed E-state index contributed by atoms with van der Waals surface area (Å²) in [6.45, 7) is 0. The Balaban J connectivity index is 2.10. The van der Waals surface area contributed by atoms with Crippen LogP contribution in [-0.4, -0.2) is 5.91 Å². The van der Waals surface area contributed by atoms with Crippen LogP contribution in [0.1, 0.15) is 5.56 Å². The third-order valence-electron chi connectivity index (χ3n) is 2.61. The van der Waals surface area contributed by atoms with Crippen LogP contribution in [0.4, 0.5) is 20.2 Å². The average Bonchev–Trinajstić information content (AvgIpc) is 2.43. The molecule has 0 fully saturated rings. The summed E-state index contributed by atoms with van der Waals surface area (Å²) in [6, 6.07) is 8.80. The molecule has 1 amide bonds. The summed E-state index contributed by atoms with van der Waals surface area (Å²) in [6.07, 6.45) is 2.79. The van der Waals surface area contributed by atoms with Crippen molar-refractivity contribution in [2.75, 3.05) is 11.1 Å². The highest BCUT2D eigenvalue weighted by Crippen LogP contribution is 2.23. The summed E-state index contributed by atoms with van der Waals surface area (Å²) in [5.41, 5.74) is 6.83. The Kier molecular flexibility index (Phi) is 4.70. The molecule has 0 bridgehead atoms. The van der Waals surface area contributed by atoms with E-state index in [0.29, 0.717) is 11.8 Å². The number of hydrogen-bond donors (Lipinski definition) is 2. The van der Waals surface area contributed by atoms with E-state index in [9.17, 15) is 13.6 Å². The highest BCUT2D eigenvalue weighted by Gasteiger charge is 2.09. The number of carbonyl (C=O) groups excluding carboxylic acids is 1. The van der Waals surface area contributed by atoms with E-state index < -0.39 is 17.5 Å². The number of anilines is 2. The molecule has 2 aromatic rings. The molecule has 0 spiro atoms. The van der Waals surface area contributed by atoms with Crippen molar-refractivity contribution in [3.05, 3.63) is 64.1 Å². The summed E-state index contributed by atoms with van der Waals surface area (Å²) in [7, 11) is 0. The molecule has 2 aromatic carbocycles. The zero-order valence-corrected chi connectivity index (χ0v) is 12.3. The van der Waals surface area contributed by atoms with Gasteiger partial charge in [0.2, 0.25) is 5.91 Å². The number of nitrogen functional groups attached to an aromatic ring is 1. The Morgan fingerprint density at radius 2 is 1.95 bits per heavy atom. The quantitative estimate of drug-likeness (QED) is 0.499. The maximum atomic E-state index is 13.5. The van der Waals surface area contributed by atoms with Gasteiger partial charge in [-0.05, 0) is 45.8 Å². The molecule has 3 N–H and O–H groups in total. The lowest BCUT2D eigenvalue weighted by atomic mass is 10.2. The van der Waals surface area contributed by atoms with Crippen LogP contribution in [0.3, 0.4) is 0 Å². The number of halogens is 3. The summed E-state index contributed by atoms with van der Waals surface area (Å²) in [5.74, 6) is -2.11. The van der Waals surface area contributed by atoms with Crippen molar-refractivity contribution in [3.63, 3.8) is 0 Å². The Labute approximate surface area is 128 Å². The predicted molar refractivity (Wildman–Crippen MR) is 82.6 cm³/mol. The summed E-state index contributed by atoms with van der Waals surface area (Å²) >= 11 is 2.93. The summed E-state index contributed by atoms with van der Waals surface area (Å²) < 4.78 is 26.6. The third kappa shape index (κ3) is 4.13. The standard InChI is InChI=1S/C15H11BrF2N2O/c16-11-7-14(13(18)8-12(11)17)20-15(21)5-4-9-2-1-3-10(19)6-9/h1-8H,19H2,(H,20,21)/b5-4+. The van der Waals surface area contributed by atoms with Crippen molar-refractivity contribution in [1.82, 2.24) is 0 Å². The molecule has 3 nitrogen and oxygen atoms in total. The van der Waals surface area contributed by atoms with Gasteiger partial charge in [0, 0.05) is 17.8 Å². The Hall–Kier alpha value is -2.21. The van der Waals surface area contributed by atoms with Crippen LogP contribution in [0.2, 0.25) is 0 Å². The van der Waals surface area contributed by atoms with E-state index in [2.05, 4.69) is 21.2 Å². The fourth-order valence-electron chi connectivity index (χ4n) is 1.63. The third-order valence-corrected chi connectivity index (χ3v) is 3.21. The minimum Gasteiger partial charge on any atom is -0.399 e. The van der Waals surface area contributed by atoms with Crippen molar-refractivity contribution in [3.8, 4) is 0 Å². The van der Waals surface area contributed by atoms with Gasteiger partial charge in [0.1, 0.15) is 11.6 Å². The van der Waals surface area contributed by atoms with E-state index in [1.54, 1.807) is 30.3 Å². The van der Waals surface area contributed by atoms with Gasteiger partial charge in [-0.25, -0.2) is 8.78 Å². The molecular formula is C15H11BrF2N2O. The highest BCUT2D eigenvalue weighted by molar-refractivity contribution is 9.10. The molecule has 0 aliphatic carbocycles. The maximum Gasteiger partial charge on any atom is 0.248 e. The van der Waals surface area contributed by atoms with Crippen molar-refractivity contribution in [2.45, 2.75) is 0 Å². The molecule has 0 aliphatic rings. The first-order valence-corrected chi connectivity index (χ1v) is 6.74. The maximum absolute atomic E-state index is 13.5. The van der Waals surface area contributed by atoms with Crippen LogP contribution in [0.15, 0.2) is 46.9 Å². The van der Waals surface area contributed by atoms with Crippen molar-refractivity contribution in [1.29, 1.82) is 0 Å². The minimum atomic E-state index is -0.846. The summed E-state index contributed by atoms with van der Waals surface area (Å²) in [4.78, 5) is 11.7. The number of carbonyl (C=O) groups is 1. The van der Waals surface area contributed by atoms with Crippen molar-refractivity contribution in [2.24, 2.45) is 0 Å². The molecule has 0 saturated heterocycles. The molecule has 6 heteroatoms. The normalized spacial score (nSPS) is 10.8. The van der Waals surface area contributed by atoms with Gasteiger partial charge in [-0.1, -0.05) is 12.1 Å². The molecule has 0 radical (unpaired) electrons. The van der Waals surface area contributed by atoms with Crippen LogP contribution in [0.25, 0.3) is 6.08 Å². The lowest BCUT2D eigenvalue weighted by Gasteiger charge is -2.05. The lowest BCUT2D eigenvalue weighted by molar-refractivity contribution is -0.111. The second kappa shape index (κ2) is 6.49. The molecule has 0 aromatic heterocycles. The number of benzene rings is 2. The van der Waals surface area contributed by atoms with Crippen LogP contribution >= 0.6 is 15.9 Å². The predicted octanol–water partition coefficient (Wildman–Crippen LogP) is 3.96. The molecule has 108 valence electrons. The first-order chi connectivity index (χ1) is 9.95. The molecular weight excluding hydrogens is 342 g/mol. The molecule has 2 rings (SSSR count). The second-order valence-electron chi connectivity index (χ2n) is 4.24. The van der Waals surface area contributed by atoms with Gasteiger partial charge in [0.05, 0.1) is 10.2 Å². The second-order valence-corrected chi connectivity index (χ2v) is 5.09. The van der Waals surface area contributed by atoms with E-state index in [1.165, 1.54) is 6.08 Å². The van der Waals surface area contributed by atoms with Gasteiger partial charge in [-0.3, -0.25) is 4.79 Å². The number of hydrogen-bond acceptors (Lipinski definition) is 2. The number of amides is 1. The SMILES string of the molecule is Nc1cccc(/C=C/C(=O)Nc2cc(Br)c(F)cc2F)c1. The fourth-order valence-corrected chi connectivity index (χ4v) is 1.97. The van der Waals surface area contributed by atoms with Crippen LogP contribution in [-0.2, 0) is 4.79 Å². The average molecular weight is 353 g/mol. The van der Waals surface area contributed by atoms with Gasteiger partial charge in [0.25, 0.3) is 0 Å². The molecule has 21 heavy (non-hydrogen) atoms. The Morgan fingerprint density at radius 1 is 1.19 bits per heavy atom. The minimum absolute atomic E-state index is 0.0685. The largest absolute Gasteiger partial charge is 0.399 e. The molecule has 0 heterocycles. The smallest absolute Gasteiger partial charge is 0.248 e. The van der Waals surface area contributed by atoms with E-state index in [-0.39, 0.29) is 10.2 Å². The van der Waals surface area contributed by atoms with Gasteiger partial charge in [0.15, 0.2) is 0 Å². The number of nitrogens with two attached hydrogens (primary N) is 1. The van der Waals surface area contributed by atoms with E-state index in [0.717, 1.165) is 11.6 Å². The summed E-state index contributed by atoms with van der Waals surface area (Å²) in [5, 5.41) is 2.33. The van der Waals surface area contributed by atoms with Crippen molar-refractivity contribution >= 4 is 39.3 Å². The number of rotatable bonds is 3. The van der Waals surface area contributed by atoms with Gasteiger partial charge in [-0.2, -0.15) is 0 Å². The van der Waals surface area contributed by atoms with Gasteiger partial charge in [-0.15, -0.1) is 0 Å².